The molecular weight excluding hydrogens is 272 g/mol. The van der Waals surface area contributed by atoms with Gasteiger partial charge in [-0.15, -0.1) is 0 Å². The maximum Gasteiger partial charge on any atom is 0.229 e. The van der Waals surface area contributed by atoms with Crippen LogP contribution < -0.4 is 20.6 Å². The highest BCUT2D eigenvalue weighted by Gasteiger charge is 1.71. The standard InChI is InChI=1S/2C5H12N2.H2O4S/c2*1-3-6-5-7-4-2;1-5(2,3)4/h2*5H,3-4H2,1-2H3,(H,6,7);(H2,1,2,3,4). The summed E-state index contributed by atoms with van der Waals surface area (Å²) in [5.74, 6) is 0. The van der Waals surface area contributed by atoms with Crippen molar-refractivity contribution in [3.63, 3.8) is 0 Å². The Morgan fingerprint density at radius 2 is 1.16 bits per heavy atom. The van der Waals surface area contributed by atoms with Crippen molar-refractivity contribution in [1.29, 1.82) is 0 Å². The molecule has 0 aromatic rings. The van der Waals surface area contributed by atoms with Crippen molar-refractivity contribution in [2.75, 3.05) is 26.2 Å². The van der Waals surface area contributed by atoms with Crippen molar-refractivity contribution in [2.45, 2.75) is 27.7 Å². The second kappa shape index (κ2) is 19.2. The van der Waals surface area contributed by atoms with Crippen LogP contribution in [-0.4, -0.2) is 56.4 Å². The predicted molar refractivity (Wildman–Crippen MR) is 73.0 cm³/mol. The van der Waals surface area contributed by atoms with Gasteiger partial charge in [0.2, 0.25) is 12.7 Å². The zero-order valence-electron chi connectivity index (χ0n) is 12.0. The lowest BCUT2D eigenvalue weighted by Gasteiger charge is -2.06. The molecule has 0 aliphatic carbocycles. The maximum atomic E-state index is 8.52. The first kappa shape index (κ1) is 22.9. The van der Waals surface area contributed by atoms with Crippen LogP contribution >= 0.6 is 0 Å². The number of rotatable bonds is 6. The van der Waals surface area contributed by atoms with Crippen LogP contribution in [0.25, 0.3) is 0 Å². The molecule has 8 nitrogen and oxygen atoms in total. The summed E-state index contributed by atoms with van der Waals surface area (Å²) in [5.41, 5.74) is 0. The summed E-state index contributed by atoms with van der Waals surface area (Å²) in [4.78, 5) is 6.03. The highest BCUT2D eigenvalue weighted by Crippen LogP contribution is 1.57. The molecule has 0 aromatic carbocycles. The Labute approximate surface area is 116 Å². The Balaban J connectivity index is -0.000000206. The molecule has 0 heterocycles. The van der Waals surface area contributed by atoms with Crippen molar-refractivity contribution < 1.29 is 27.5 Å². The maximum absolute atomic E-state index is 8.52. The van der Waals surface area contributed by atoms with E-state index in [1.807, 2.05) is 12.7 Å². The third-order valence-electron chi connectivity index (χ3n) is 1.22. The molecule has 0 rings (SSSR count). The first-order valence-electron chi connectivity index (χ1n) is 6.06. The zero-order chi connectivity index (χ0) is 15.6. The van der Waals surface area contributed by atoms with Crippen molar-refractivity contribution in [3.8, 4) is 0 Å². The molecule has 0 aliphatic heterocycles. The van der Waals surface area contributed by atoms with E-state index in [4.69, 9.17) is 17.5 Å². The lowest BCUT2D eigenvalue weighted by molar-refractivity contribution is -0.449. The van der Waals surface area contributed by atoms with Crippen LogP contribution in [0, 0.1) is 0 Å². The molecule has 0 aliphatic rings. The highest BCUT2D eigenvalue weighted by atomic mass is 32.3. The average molecular weight is 298 g/mol. The fraction of sp³-hybridized carbons (Fsp3) is 0.800. The van der Waals surface area contributed by atoms with E-state index in [0.29, 0.717) is 0 Å². The molecule has 0 bridgehead atoms. The Morgan fingerprint density at radius 3 is 1.32 bits per heavy atom. The summed E-state index contributed by atoms with van der Waals surface area (Å²) in [5, 5.41) is 6.03. The fourth-order valence-corrected chi connectivity index (χ4v) is 0.553. The van der Waals surface area contributed by atoms with Crippen molar-refractivity contribution in [1.82, 2.24) is 10.6 Å². The van der Waals surface area contributed by atoms with Gasteiger partial charge in [-0.2, -0.15) is 0 Å². The van der Waals surface area contributed by atoms with Gasteiger partial charge in [0.25, 0.3) is 0 Å². The molecule has 0 fully saturated rings. The third kappa shape index (κ3) is 79.5. The normalized spacial score (nSPS) is 10.4. The van der Waals surface area contributed by atoms with E-state index in [-0.39, 0.29) is 0 Å². The minimum absolute atomic E-state index is 0.993. The first-order valence-corrected chi connectivity index (χ1v) is 7.40. The summed E-state index contributed by atoms with van der Waals surface area (Å²) in [6.07, 6.45) is 3.72. The Hall–Kier alpha value is -1.19. The molecule has 0 atom stereocenters. The first-order chi connectivity index (χ1) is 8.83. The molecule has 9 heteroatoms. The second-order valence-electron chi connectivity index (χ2n) is 2.93. The van der Waals surface area contributed by atoms with E-state index in [1.54, 1.807) is 0 Å². The predicted octanol–water partition coefficient (Wildman–Crippen LogP) is -3.89. The summed E-state index contributed by atoms with van der Waals surface area (Å²) < 4.78 is 34.1. The van der Waals surface area contributed by atoms with Crippen LogP contribution in [0.3, 0.4) is 0 Å². The van der Waals surface area contributed by atoms with Gasteiger partial charge >= 0.3 is 0 Å². The molecule has 0 unspecified atom stereocenters. The van der Waals surface area contributed by atoms with Gasteiger partial charge in [0.15, 0.2) is 0 Å². The summed E-state index contributed by atoms with van der Waals surface area (Å²) in [7, 11) is -5.17. The molecule has 0 saturated carbocycles. The van der Waals surface area contributed by atoms with E-state index < -0.39 is 10.4 Å². The molecule has 0 saturated heterocycles. The molecule has 0 radical (unpaired) electrons. The van der Waals surface area contributed by atoms with Crippen LogP contribution in [0.1, 0.15) is 27.7 Å². The molecule has 19 heavy (non-hydrogen) atoms. The van der Waals surface area contributed by atoms with Gasteiger partial charge in [-0.1, -0.05) is 0 Å². The number of hydrogen-bond donors (Lipinski definition) is 4. The fourth-order valence-electron chi connectivity index (χ4n) is 0.553. The third-order valence-corrected chi connectivity index (χ3v) is 1.22. The number of nitrogens with one attached hydrogen (secondary N) is 4. The van der Waals surface area contributed by atoms with E-state index in [1.165, 1.54) is 0 Å². The van der Waals surface area contributed by atoms with E-state index >= 15 is 0 Å². The van der Waals surface area contributed by atoms with Crippen LogP contribution in [0.4, 0.5) is 0 Å². The van der Waals surface area contributed by atoms with Crippen LogP contribution in [0.5, 0.6) is 0 Å². The van der Waals surface area contributed by atoms with Gasteiger partial charge in [0, 0.05) is 10.4 Å². The molecule has 116 valence electrons. The van der Waals surface area contributed by atoms with E-state index in [0.717, 1.165) is 26.2 Å². The van der Waals surface area contributed by atoms with Crippen molar-refractivity contribution in [3.05, 3.63) is 0 Å². The van der Waals surface area contributed by atoms with Crippen LogP contribution in [-0.2, 0) is 10.4 Å². The highest BCUT2D eigenvalue weighted by molar-refractivity contribution is 7.79. The second-order valence-corrected chi connectivity index (χ2v) is 3.74. The van der Waals surface area contributed by atoms with Gasteiger partial charge in [-0.05, 0) is 27.7 Å². The Kier molecular flexibility index (Phi) is 23.1. The zero-order valence-corrected chi connectivity index (χ0v) is 12.8. The van der Waals surface area contributed by atoms with Gasteiger partial charge in [-0.3, -0.25) is 29.0 Å². The smallest absolute Gasteiger partial charge is 0.229 e. The Morgan fingerprint density at radius 1 is 0.895 bits per heavy atom. The molecule has 0 spiro atoms. The molecule has 0 aromatic heterocycles. The van der Waals surface area contributed by atoms with Crippen molar-refractivity contribution in [2.24, 2.45) is 0 Å². The van der Waals surface area contributed by atoms with Crippen LogP contribution in [0.2, 0.25) is 0 Å². The summed E-state index contributed by atoms with van der Waals surface area (Å²) >= 11 is 0. The largest absolute Gasteiger partial charge is 0.759 e. The summed E-state index contributed by atoms with van der Waals surface area (Å²) in [6.45, 7) is 12.2. The Bertz CT molecular complexity index is 281. The quantitative estimate of drug-likeness (QED) is 0.172. The number of hydrogen-bond acceptors (Lipinski definition) is 4. The van der Waals surface area contributed by atoms with E-state index in [9.17, 15) is 0 Å². The minimum atomic E-state index is -5.17. The van der Waals surface area contributed by atoms with Gasteiger partial charge in [0.05, 0.1) is 26.2 Å². The minimum Gasteiger partial charge on any atom is -0.759 e. The van der Waals surface area contributed by atoms with Gasteiger partial charge in [-0.25, -0.2) is 0 Å². The van der Waals surface area contributed by atoms with Crippen LogP contribution in [0.15, 0.2) is 0 Å². The topological polar surface area (TPSA) is 132 Å². The lowest BCUT2D eigenvalue weighted by Crippen LogP contribution is -2.70. The lowest BCUT2D eigenvalue weighted by atomic mass is 10.7. The molecule has 0 amide bonds. The molecule has 4 N–H and O–H groups in total. The summed E-state index contributed by atoms with van der Waals surface area (Å²) in [6, 6.07) is 0. The van der Waals surface area contributed by atoms with Crippen molar-refractivity contribution >= 4 is 23.1 Å². The monoisotopic (exact) mass is 298 g/mol. The average Bonchev–Trinajstić information content (AvgIpc) is 2.29. The van der Waals surface area contributed by atoms with Gasteiger partial charge in [0.1, 0.15) is 0 Å². The van der Waals surface area contributed by atoms with Gasteiger partial charge < -0.3 is 9.11 Å². The SMILES string of the molecule is CCNC=[NH+]CC.CCNC=[NH+]CC.O=S(=O)([O-])[O-]. The van der Waals surface area contributed by atoms with E-state index in [2.05, 4.69) is 48.3 Å². The molecular formula is C10H26N4O4S.